The van der Waals surface area contributed by atoms with Gasteiger partial charge >= 0.3 is 0 Å². The van der Waals surface area contributed by atoms with Gasteiger partial charge in [0.1, 0.15) is 5.69 Å². The van der Waals surface area contributed by atoms with E-state index in [0.29, 0.717) is 5.92 Å². The van der Waals surface area contributed by atoms with Gasteiger partial charge in [-0.25, -0.2) is 4.68 Å². The molecule has 0 bridgehead atoms. The Kier molecular flexibility index (Phi) is 4.85. The molecular formula is C21H25N3O. The van der Waals surface area contributed by atoms with Crippen LogP contribution in [0.15, 0.2) is 24.4 Å². The Bertz CT molecular complexity index is 789. The average Bonchev–Trinajstić information content (AvgIpc) is 3.38. The quantitative estimate of drug-likeness (QED) is 0.797. The maximum atomic E-state index is 5.80. The summed E-state index contributed by atoms with van der Waals surface area (Å²) in [4.78, 5) is 0. The summed E-state index contributed by atoms with van der Waals surface area (Å²) >= 11 is 0. The molecule has 1 aromatic carbocycles. The lowest BCUT2D eigenvalue weighted by molar-refractivity contribution is 0.00370. The SMILES string of the molecule is CCc1cc(C#CC2CC2)ccc1-c1cn(C[C@H]2CCCCO2)nn1. The van der Waals surface area contributed by atoms with Crippen LogP contribution in [-0.4, -0.2) is 27.7 Å². The van der Waals surface area contributed by atoms with Crippen LogP contribution in [0.4, 0.5) is 0 Å². The first kappa shape index (κ1) is 16.4. The summed E-state index contributed by atoms with van der Waals surface area (Å²) in [6, 6.07) is 6.45. The molecule has 1 aromatic heterocycles. The lowest BCUT2D eigenvalue weighted by atomic mass is 10.00. The van der Waals surface area contributed by atoms with Gasteiger partial charge in [-0.1, -0.05) is 30.0 Å². The van der Waals surface area contributed by atoms with Crippen LogP contribution in [0.1, 0.15) is 50.2 Å². The second-order valence-corrected chi connectivity index (χ2v) is 7.08. The monoisotopic (exact) mass is 335 g/mol. The van der Waals surface area contributed by atoms with Crippen LogP contribution in [0.2, 0.25) is 0 Å². The van der Waals surface area contributed by atoms with Crippen molar-refractivity contribution in [3.05, 3.63) is 35.5 Å². The largest absolute Gasteiger partial charge is 0.376 e. The summed E-state index contributed by atoms with van der Waals surface area (Å²) in [6.45, 7) is 3.84. The minimum absolute atomic E-state index is 0.272. The Balaban J connectivity index is 1.51. The highest BCUT2D eigenvalue weighted by atomic mass is 16.5. The third-order valence-corrected chi connectivity index (χ3v) is 4.96. The summed E-state index contributed by atoms with van der Waals surface area (Å²) in [6.07, 6.45) is 9.34. The van der Waals surface area contributed by atoms with E-state index in [9.17, 15) is 0 Å². The molecule has 4 heteroatoms. The third-order valence-electron chi connectivity index (χ3n) is 4.96. The van der Waals surface area contributed by atoms with E-state index in [1.54, 1.807) is 0 Å². The van der Waals surface area contributed by atoms with Gasteiger partial charge in [-0.15, -0.1) is 5.10 Å². The van der Waals surface area contributed by atoms with Gasteiger partial charge < -0.3 is 4.74 Å². The van der Waals surface area contributed by atoms with E-state index < -0.39 is 0 Å². The third kappa shape index (κ3) is 4.11. The number of benzene rings is 1. The average molecular weight is 335 g/mol. The van der Waals surface area contributed by atoms with Gasteiger partial charge in [0.05, 0.1) is 18.8 Å². The maximum absolute atomic E-state index is 5.80. The molecule has 0 amide bonds. The molecule has 0 N–H and O–H groups in total. The molecular weight excluding hydrogens is 310 g/mol. The van der Waals surface area contributed by atoms with Crippen molar-refractivity contribution < 1.29 is 4.74 Å². The van der Waals surface area contributed by atoms with Crippen molar-refractivity contribution in [2.75, 3.05) is 6.61 Å². The number of rotatable bonds is 4. The van der Waals surface area contributed by atoms with Crippen molar-refractivity contribution >= 4 is 0 Å². The molecule has 1 aliphatic carbocycles. The van der Waals surface area contributed by atoms with Crippen molar-refractivity contribution in [2.24, 2.45) is 5.92 Å². The van der Waals surface area contributed by atoms with Gasteiger partial charge in [0.15, 0.2) is 0 Å². The van der Waals surface area contributed by atoms with Crippen molar-refractivity contribution in [3.8, 4) is 23.1 Å². The molecule has 4 rings (SSSR count). The normalized spacial score (nSPS) is 20.1. The van der Waals surface area contributed by atoms with E-state index in [4.69, 9.17) is 4.74 Å². The van der Waals surface area contributed by atoms with Gasteiger partial charge in [-0.05, 0) is 56.2 Å². The molecule has 1 aliphatic heterocycles. The van der Waals surface area contributed by atoms with E-state index in [2.05, 4.69) is 47.3 Å². The van der Waals surface area contributed by atoms with Gasteiger partial charge in [0, 0.05) is 23.7 Å². The first-order valence-corrected chi connectivity index (χ1v) is 9.48. The molecule has 25 heavy (non-hydrogen) atoms. The van der Waals surface area contributed by atoms with Crippen LogP contribution >= 0.6 is 0 Å². The number of aryl methyl sites for hydroxylation is 1. The maximum Gasteiger partial charge on any atom is 0.113 e. The van der Waals surface area contributed by atoms with E-state index in [1.807, 2.05) is 10.9 Å². The van der Waals surface area contributed by atoms with E-state index >= 15 is 0 Å². The first-order chi connectivity index (χ1) is 12.3. The lowest BCUT2D eigenvalue weighted by Crippen LogP contribution is -2.24. The molecule has 1 atom stereocenters. The molecule has 2 heterocycles. The van der Waals surface area contributed by atoms with Crippen LogP contribution < -0.4 is 0 Å². The number of ether oxygens (including phenoxy) is 1. The second kappa shape index (κ2) is 7.41. The Labute approximate surface area is 149 Å². The summed E-state index contributed by atoms with van der Waals surface area (Å²) in [5.74, 6) is 7.28. The van der Waals surface area contributed by atoms with Gasteiger partial charge in [-0.3, -0.25) is 0 Å². The van der Waals surface area contributed by atoms with Crippen LogP contribution in [0.3, 0.4) is 0 Å². The Morgan fingerprint density at radius 1 is 1.24 bits per heavy atom. The molecule has 2 aromatic rings. The van der Waals surface area contributed by atoms with Crippen LogP contribution in [0.25, 0.3) is 11.3 Å². The zero-order valence-electron chi connectivity index (χ0n) is 14.9. The minimum Gasteiger partial charge on any atom is -0.376 e. The van der Waals surface area contributed by atoms with Crippen molar-refractivity contribution in [1.82, 2.24) is 15.0 Å². The molecule has 0 spiro atoms. The smallest absolute Gasteiger partial charge is 0.113 e. The molecule has 1 saturated carbocycles. The summed E-state index contributed by atoms with van der Waals surface area (Å²) < 4.78 is 7.73. The van der Waals surface area contributed by atoms with Crippen LogP contribution in [0.5, 0.6) is 0 Å². The number of aromatic nitrogens is 3. The predicted molar refractivity (Wildman–Crippen MR) is 98.0 cm³/mol. The first-order valence-electron chi connectivity index (χ1n) is 9.48. The van der Waals surface area contributed by atoms with Crippen LogP contribution in [-0.2, 0) is 17.7 Å². The second-order valence-electron chi connectivity index (χ2n) is 7.08. The highest BCUT2D eigenvalue weighted by molar-refractivity contribution is 5.64. The van der Waals surface area contributed by atoms with Crippen molar-refractivity contribution in [1.29, 1.82) is 0 Å². The lowest BCUT2D eigenvalue weighted by Gasteiger charge is -2.21. The highest BCUT2D eigenvalue weighted by Crippen LogP contribution is 2.28. The zero-order valence-corrected chi connectivity index (χ0v) is 14.9. The Morgan fingerprint density at radius 3 is 2.92 bits per heavy atom. The van der Waals surface area contributed by atoms with Gasteiger partial charge in [0.25, 0.3) is 0 Å². The minimum atomic E-state index is 0.272. The summed E-state index contributed by atoms with van der Waals surface area (Å²) in [7, 11) is 0. The summed E-state index contributed by atoms with van der Waals surface area (Å²) in [5, 5.41) is 8.71. The molecule has 4 nitrogen and oxygen atoms in total. The zero-order chi connectivity index (χ0) is 17.1. The molecule has 2 aliphatic rings. The fourth-order valence-corrected chi connectivity index (χ4v) is 3.30. The van der Waals surface area contributed by atoms with E-state index in [0.717, 1.165) is 42.8 Å². The molecule has 2 fully saturated rings. The van der Waals surface area contributed by atoms with E-state index in [-0.39, 0.29) is 6.10 Å². The van der Waals surface area contributed by atoms with E-state index in [1.165, 1.54) is 31.2 Å². The number of nitrogens with zero attached hydrogens (tertiary/aromatic N) is 3. The Morgan fingerprint density at radius 2 is 2.16 bits per heavy atom. The topological polar surface area (TPSA) is 39.9 Å². The number of hydrogen-bond donors (Lipinski definition) is 0. The fourth-order valence-electron chi connectivity index (χ4n) is 3.30. The molecule has 0 unspecified atom stereocenters. The molecule has 130 valence electrons. The predicted octanol–water partition coefficient (Wildman–Crippen LogP) is 3.84. The Hall–Kier alpha value is -2.12. The standard InChI is InChI=1S/C21H25N3O/c1-2-18-13-17(9-8-16-6-7-16)10-11-20(18)21-15-24(23-22-21)14-19-5-3-4-12-25-19/h10-11,13,15-16,19H,2-7,12,14H2,1H3/t19-/m1/s1. The molecule has 1 saturated heterocycles. The molecule has 0 radical (unpaired) electrons. The summed E-state index contributed by atoms with van der Waals surface area (Å²) in [5.41, 5.74) is 4.49. The van der Waals surface area contributed by atoms with Crippen LogP contribution in [0, 0.1) is 17.8 Å². The highest BCUT2D eigenvalue weighted by Gasteiger charge is 2.18. The van der Waals surface area contributed by atoms with Crippen molar-refractivity contribution in [3.63, 3.8) is 0 Å². The number of hydrogen-bond acceptors (Lipinski definition) is 3. The van der Waals surface area contributed by atoms with Gasteiger partial charge in [0.2, 0.25) is 0 Å². The van der Waals surface area contributed by atoms with Gasteiger partial charge in [-0.2, -0.15) is 0 Å². The van der Waals surface area contributed by atoms with Crippen molar-refractivity contribution in [2.45, 2.75) is 58.1 Å². The fraction of sp³-hybridized carbons (Fsp3) is 0.524.